The second kappa shape index (κ2) is 10.6. The van der Waals surface area contributed by atoms with E-state index in [4.69, 9.17) is 21.4 Å². The van der Waals surface area contributed by atoms with Gasteiger partial charge in [0.1, 0.15) is 0 Å². The van der Waals surface area contributed by atoms with E-state index in [0.717, 1.165) is 29.2 Å². The molecule has 7 nitrogen and oxygen atoms in total. The molecule has 1 saturated heterocycles. The predicted molar refractivity (Wildman–Crippen MR) is 118 cm³/mol. The summed E-state index contributed by atoms with van der Waals surface area (Å²) in [7, 11) is 0. The van der Waals surface area contributed by atoms with Crippen LogP contribution in [0.4, 0.5) is 0 Å². The molecule has 3 rings (SSSR count). The highest BCUT2D eigenvalue weighted by molar-refractivity contribution is 7.99. The monoisotopic (exact) mass is 469 g/mol. The minimum absolute atomic E-state index is 0.0963. The number of thiazole rings is 1. The van der Waals surface area contributed by atoms with Crippen molar-refractivity contribution < 1.29 is 19.4 Å². The largest absolute Gasteiger partial charge is 0.481 e. The molecule has 162 valence electrons. The van der Waals surface area contributed by atoms with Gasteiger partial charge in [-0.15, -0.1) is 11.3 Å². The fourth-order valence-electron chi connectivity index (χ4n) is 3.10. The molecule has 1 atom stereocenters. The molecule has 0 saturated carbocycles. The number of carboxylic acids is 1. The van der Waals surface area contributed by atoms with Crippen LogP contribution >= 0.6 is 34.9 Å². The Morgan fingerprint density at radius 3 is 2.97 bits per heavy atom. The topological polar surface area (TPSA) is 83.0 Å². The van der Waals surface area contributed by atoms with Gasteiger partial charge in [0, 0.05) is 48.9 Å². The van der Waals surface area contributed by atoms with Crippen molar-refractivity contribution in [3.05, 3.63) is 45.4 Å². The van der Waals surface area contributed by atoms with Crippen LogP contribution in [-0.2, 0) is 27.3 Å². The fraction of sp³-hybridized carbons (Fsp3) is 0.450. The van der Waals surface area contributed by atoms with Crippen LogP contribution in [0.1, 0.15) is 23.7 Å². The van der Waals surface area contributed by atoms with Gasteiger partial charge in [-0.25, -0.2) is 4.98 Å². The van der Waals surface area contributed by atoms with E-state index in [-0.39, 0.29) is 18.4 Å². The molecule has 0 unspecified atom stereocenters. The Hall–Kier alpha value is -1.65. The summed E-state index contributed by atoms with van der Waals surface area (Å²) in [4.78, 5) is 29.6. The molecule has 1 aromatic heterocycles. The van der Waals surface area contributed by atoms with Gasteiger partial charge in [-0.05, 0) is 24.1 Å². The van der Waals surface area contributed by atoms with Gasteiger partial charge in [0.15, 0.2) is 4.34 Å². The van der Waals surface area contributed by atoms with E-state index in [1.807, 2.05) is 19.1 Å². The number of aliphatic carboxylic acids is 1. The lowest BCUT2D eigenvalue weighted by atomic mass is 10.1. The summed E-state index contributed by atoms with van der Waals surface area (Å²) < 4.78 is 8.16. The minimum atomic E-state index is -0.925. The van der Waals surface area contributed by atoms with Crippen LogP contribution in [0.15, 0.2) is 27.9 Å². The maximum Gasteiger partial charge on any atom is 0.309 e. The lowest BCUT2D eigenvalue weighted by molar-refractivity contribution is -0.136. The number of carbonyl (C=O) groups is 2. The predicted octanol–water partition coefficient (Wildman–Crippen LogP) is 3.49. The third-order valence-corrected chi connectivity index (χ3v) is 7.11. The second-order valence-corrected chi connectivity index (χ2v) is 9.69. The molecule has 10 heteroatoms. The highest BCUT2D eigenvalue weighted by Crippen LogP contribution is 2.28. The zero-order chi connectivity index (χ0) is 21.7. The third kappa shape index (κ3) is 6.68. The number of hydrogen-bond donors (Lipinski definition) is 1. The molecular weight excluding hydrogens is 446 g/mol. The van der Waals surface area contributed by atoms with Crippen molar-refractivity contribution >= 4 is 46.8 Å². The van der Waals surface area contributed by atoms with Crippen LogP contribution < -0.4 is 0 Å². The summed E-state index contributed by atoms with van der Waals surface area (Å²) >= 11 is 8.81. The summed E-state index contributed by atoms with van der Waals surface area (Å²) in [5.41, 5.74) is 2.70. The molecule has 1 aromatic carbocycles. The van der Waals surface area contributed by atoms with Gasteiger partial charge in [0.2, 0.25) is 5.91 Å². The van der Waals surface area contributed by atoms with Crippen LogP contribution in [-0.4, -0.2) is 63.5 Å². The van der Waals surface area contributed by atoms with E-state index in [2.05, 4.69) is 16.0 Å². The number of benzene rings is 1. The number of ether oxygens (including phenoxy) is 1. The quantitative estimate of drug-likeness (QED) is 0.592. The molecule has 30 heavy (non-hydrogen) atoms. The van der Waals surface area contributed by atoms with Crippen LogP contribution in [0.2, 0.25) is 5.02 Å². The summed E-state index contributed by atoms with van der Waals surface area (Å²) in [6.45, 7) is 6.82. The van der Waals surface area contributed by atoms with Gasteiger partial charge in [0.25, 0.3) is 0 Å². The highest BCUT2D eigenvalue weighted by Gasteiger charge is 2.25. The van der Waals surface area contributed by atoms with Crippen molar-refractivity contribution in [1.82, 2.24) is 14.2 Å². The number of carboxylic acid groups (broad SMARTS) is 1. The summed E-state index contributed by atoms with van der Waals surface area (Å²) in [5, 5.41) is 11.4. The van der Waals surface area contributed by atoms with E-state index in [9.17, 15) is 9.59 Å². The Morgan fingerprint density at radius 2 is 2.27 bits per heavy atom. The van der Waals surface area contributed by atoms with E-state index in [1.165, 1.54) is 30.2 Å². The summed E-state index contributed by atoms with van der Waals surface area (Å²) in [6.07, 6.45) is -0.240. The van der Waals surface area contributed by atoms with E-state index in [1.54, 1.807) is 9.69 Å². The standard InChI is InChI=1S/C20H24ClN3O4S2/c1-13-3-4-15(7-18(13)21)9-23-5-6-28-17(10-23)11-24(14(2)25)30-20-22-16(12-29-20)8-19(26)27/h3-4,7,12,17H,5-6,8-11H2,1-2H3,(H,26,27)/t17-/m0/s1. The van der Waals surface area contributed by atoms with Crippen LogP contribution in [0.3, 0.4) is 0 Å². The van der Waals surface area contributed by atoms with Crippen LogP contribution in [0, 0.1) is 6.92 Å². The first-order valence-corrected chi connectivity index (χ1v) is 11.5. The van der Waals surface area contributed by atoms with Crippen molar-refractivity contribution in [3.8, 4) is 0 Å². The molecule has 1 aliphatic rings. The maximum atomic E-state index is 12.2. The summed E-state index contributed by atoms with van der Waals surface area (Å²) in [6, 6.07) is 6.10. The van der Waals surface area contributed by atoms with Gasteiger partial charge in [-0.1, -0.05) is 23.7 Å². The van der Waals surface area contributed by atoms with Crippen molar-refractivity contribution in [2.24, 2.45) is 0 Å². The van der Waals surface area contributed by atoms with Crippen LogP contribution in [0.25, 0.3) is 0 Å². The van der Waals surface area contributed by atoms with Crippen LogP contribution in [0.5, 0.6) is 0 Å². The Balaban J connectivity index is 1.58. The molecule has 1 amide bonds. The first kappa shape index (κ1) is 23.0. The number of nitrogens with zero attached hydrogens (tertiary/aromatic N) is 3. The summed E-state index contributed by atoms with van der Waals surface area (Å²) in [5.74, 6) is -1.02. The lowest BCUT2D eigenvalue weighted by Gasteiger charge is -2.35. The average molecular weight is 470 g/mol. The molecule has 0 bridgehead atoms. The normalized spacial score (nSPS) is 17.1. The number of amides is 1. The van der Waals surface area contributed by atoms with Crippen molar-refractivity contribution in [1.29, 1.82) is 0 Å². The number of rotatable bonds is 8. The number of aryl methyl sites for hydroxylation is 1. The highest BCUT2D eigenvalue weighted by atomic mass is 35.5. The van der Waals surface area contributed by atoms with Gasteiger partial charge in [-0.3, -0.25) is 18.8 Å². The maximum absolute atomic E-state index is 12.2. The Kier molecular flexibility index (Phi) is 8.13. The molecule has 2 heterocycles. The third-order valence-electron chi connectivity index (χ3n) is 4.64. The minimum Gasteiger partial charge on any atom is -0.481 e. The number of carbonyl (C=O) groups excluding carboxylic acids is 1. The van der Waals surface area contributed by atoms with Crippen molar-refractivity contribution in [3.63, 3.8) is 0 Å². The van der Waals surface area contributed by atoms with E-state index < -0.39 is 5.97 Å². The first-order valence-electron chi connectivity index (χ1n) is 9.51. The van der Waals surface area contributed by atoms with Crippen molar-refractivity contribution in [2.45, 2.75) is 37.3 Å². The molecule has 1 aliphatic heterocycles. The molecule has 1 fully saturated rings. The number of hydrogen-bond acceptors (Lipinski definition) is 7. The smallest absolute Gasteiger partial charge is 0.309 e. The fourth-order valence-corrected chi connectivity index (χ4v) is 5.15. The molecule has 0 spiro atoms. The lowest BCUT2D eigenvalue weighted by Crippen LogP contribution is -2.46. The molecule has 0 radical (unpaired) electrons. The molecular formula is C20H24ClN3O4S2. The SMILES string of the molecule is CC(=O)N(C[C@@H]1CN(Cc2ccc(C)c(Cl)c2)CCO1)Sc1nc(CC(=O)O)cs1. The second-order valence-electron chi connectivity index (χ2n) is 7.16. The van der Waals surface area contributed by atoms with Gasteiger partial charge in [0.05, 0.1) is 31.4 Å². The van der Waals surface area contributed by atoms with Crippen molar-refractivity contribution in [2.75, 3.05) is 26.2 Å². The molecule has 0 aliphatic carbocycles. The Bertz CT molecular complexity index is 908. The van der Waals surface area contributed by atoms with Gasteiger partial charge < -0.3 is 9.84 Å². The molecule has 1 N–H and O–H groups in total. The molecule has 2 aromatic rings. The Labute approximate surface area is 189 Å². The number of halogens is 1. The van der Waals surface area contributed by atoms with E-state index in [0.29, 0.717) is 29.7 Å². The zero-order valence-electron chi connectivity index (χ0n) is 16.8. The van der Waals surface area contributed by atoms with Gasteiger partial charge >= 0.3 is 5.97 Å². The first-order chi connectivity index (χ1) is 14.3. The number of aromatic nitrogens is 1. The number of morpholine rings is 1. The zero-order valence-corrected chi connectivity index (χ0v) is 19.2. The average Bonchev–Trinajstić information content (AvgIpc) is 3.10. The van der Waals surface area contributed by atoms with Gasteiger partial charge in [-0.2, -0.15) is 0 Å². The Morgan fingerprint density at radius 1 is 1.47 bits per heavy atom. The van der Waals surface area contributed by atoms with E-state index >= 15 is 0 Å².